The van der Waals surface area contributed by atoms with E-state index in [4.69, 9.17) is 34.7 Å². The van der Waals surface area contributed by atoms with Crippen molar-refractivity contribution in [3.05, 3.63) is 149 Å². The van der Waals surface area contributed by atoms with E-state index in [1.54, 1.807) is 64.6 Å². The molecule has 3 aromatic carbocycles. The molecule has 2 atom stereocenters. The average molecular weight is 1010 g/mol. The highest BCUT2D eigenvalue weighted by Crippen LogP contribution is 2.39. The summed E-state index contributed by atoms with van der Waals surface area (Å²) in [5, 5.41) is 9.01. The summed E-state index contributed by atoms with van der Waals surface area (Å²) in [5.74, 6) is -1.13. The Bertz CT molecular complexity index is 3340. The van der Waals surface area contributed by atoms with Crippen LogP contribution in [0.1, 0.15) is 102 Å². The number of hydrogen-bond donors (Lipinski definition) is 4. The lowest BCUT2D eigenvalue weighted by molar-refractivity contribution is 0.0925. The lowest BCUT2D eigenvalue weighted by Gasteiger charge is -2.21. The maximum absolute atomic E-state index is 13.4. The molecule has 0 radical (unpaired) electrons. The maximum atomic E-state index is 13.4. The van der Waals surface area contributed by atoms with E-state index in [1.807, 2.05) is 31.2 Å². The summed E-state index contributed by atoms with van der Waals surface area (Å²) in [5.41, 5.74) is 14.4. The number of pyridine rings is 2. The molecule has 9 rings (SSSR count). The van der Waals surface area contributed by atoms with Crippen LogP contribution in [-0.2, 0) is 15.6 Å². The number of carbonyl (C=O) groups excluding carboxylic acids is 2. The molecule has 7 aromatic rings. The molecule has 2 aliphatic carbocycles. The minimum absolute atomic E-state index is 0.0328. The highest BCUT2D eigenvalue weighted by molar-refractivity contribution is 9.10. The van der Waals surface area contributed by atoms with Gasteiger partial charge in [-0.2, -0.15) is 0 Å². The van der Waals surface area contributed by atoms with Gasteiger partial charge < -0.3 is 31.2 Å². The topological polar surface area (TPSA) is 240 Å². The third-order valence-electron chi connectivity index (χ3n) is 11.2. The first-order valence-electron chi connectivity index (χ1n) is 20.8. The van der Waals surface area contributed by atoms with Gasteiger partial charge in [0.25, 0.3) is 22.9 Å². The molecular weight excluding hydrogens is 971 g/mol. The van der Waals surface area contributed by atoms with Crippen LogP contribution in [0.4, 0.5) is 11.6 Å². The summed E-state index contributed by atoms with van der Waals surface area (Å²) >= 11 is 15.8. The van der Waals surface area contributed by atoms with Crippen molar-refractivity contribution in [2.45, 2.75) is 69.5 Å². The number of anilines is 2. The zero-order valence-electron chi connectivity index (χ0n) is 35.8. The van der Waals surface area contributed by atoms with Crippen molar-refractivity contribution in [2.75, 3.05) is 17.7 Å². The van der Waals surface area contributed by atoms with Crippen molar-refractivity contribution in [3.63, 3.8) is 0 Å². The van der Waals surface area contributed by atoms with Crippen LogP contribution in [0.2, 0.25) is 10.0 Å². The van der Waals surface area contributed by atoms with Crippen molar-refractivity contribution in [2.24, 2.45) is 0 Å². The summed E-state index contributed by atoms with van der Waals surface area (Å²) in [6.45, 7) is 3.62. The van der Waals surface area contributed by atoms with Gasteiger partial charge in [-0.05, 0) is 102 Å². The van der Waals surface area contributed by atoms with Crippen molar-refractivity contribution in [1.82, 2.24) is 39.7 Å². The van der Waals surface area contributed by atoms with Gasteiger partial charge in [-0.15, -0.1) is 0 Å². The Balaban J connectivity index is 0.000000188. The van der Waals surface area contributed by atoms with Gasteiger partial charge in [0.1, 0.15) is 4.60 Å². The average Bonchev–Trinajstić information content (AvgIpc) is 4.20. The van der Waals surface area contributed by atoms with E-state index in [2.05, 4.69) is 46.5 Å². The number of halogens is 3. The molecule has 0 unspecified atom stereocenters. The zero-order valence-corrected chi connectivity index (χ0v) is 39.7. The summed E-state index contributed by atoms with van der Waals surface area (Å²) in [6.07, 6.45) is 7.63. The molecule has 2 fully saturated rings. The fourth-order valence-corrected chi connectivity index (χ4v) is 9.43. The second-order valence-corrected chi connectivity index (χ2v) is 20.2. The summed E-state index contributed by atoms with van der Waals surface area (Å²) in [6, 6.07) is 20.5. The largest absolute Gasteiger partial charge is 0.382 e. The lowest BCUT2D eigenvalue weighted by Crippen LogP contribution is -2.33. The number of sulfone groups is 1. The molecule has 2 amide bonds. The molecule has 340 valence electrons. The van der Waals surface area contributed by atoms with Crippen LogP contribution >= 0.6 is 39.1 Å². The van der Waals surface area contributed by atoms with Crippen LogP contribution in [0.25, 0.3) is 32.8 Å². The normalized spacial score (nSPS) is 14.6. The first-order valence-corrected chi connectivity index (χ1v) is 24.5. The van der Waals surface area contributed by atoms with Crippen molar-refractivity contribution in [1.29, 1.82) is 0 Å². The Labute approximate surface area is 396 Å². The number of nitrogens with two attached hydrogens (primary N) is 2. The SMILES string of the molecule is C[C@H](NC(=O)c1nc(-c2cccc(CS(C)(=O)=O)c2)cnc1N)c1cc2cccc(Cl)c2c(=O)n1C1CC1.C[C@H](NC(=O)c1nc(Br)cnc1N)c1cc2cccc(Cl)c2c(=O)n1C1CC1. The fourth-order valence-electron chi connectivity index (χ4n) is 7.84. The number of rotatable bonds is 11. The van der Waals surface area contributed by atoms with Gasteiger partial charge in [0, 0.05) is 35.3 Å². The second kappa shape index (κ2) is 18.6. The quantitative estimate of drug-likeness (QED) is 0.0976. The molecule has 16 nitrogen and oxygen atoms in total. The number of nitrogens with zero attached hydrogens (tertiary/aromatic N) is 6. The molecule has 6 N–H and O–H groups in total. The van der Waals surface area contributed by atoms with E-state index in [9.17, 15) is 27.6 Å². The minimum atomic E-state index is -3.22. The van der Waals surface area contributed by atoms with Crippen molar-refractivity contribution >= 4 is 94.0 Å². The van der Waals surface area contributed by atoms with Crippen LogP contribution in [0.15, 0.2) is 99.4 Å². The van der Waals surface area contributed by atoms with E-state index in [1.165, 1.54) is 18.6 Å². The monoisotopic (exact) mass is 1010 g/mol. The summed E-state index contributed by atoms with van der Waals surface area (Å²) in [4.78, 5) is 69.1. The highest BCUT2D eigenvalue weighted by atomic mass is 79.9. The first-order chi connectivity index (χ1) is 31.4. The Hall–Kier alpha value is -6.21. The van der Waals surface area contributed by atoms with E-state index >= 15 is 0 Å². The first kappa shape index (κ1) is 46.3. The van der Waals surface area contributed by atoms with Gasteiger partial charge in [-0.25, -0.2) is 28.4 Å². The smallest absolute Gasteiger partial charge is 0.274 e. The maximum Gasteiger partial charge on any atom is 0.274 e. The van der Waals surface area contributed by atoms with Gasteiger partial charge in [0.15, 0.2) is 32.9 Å². The van der Waals surface area contributed by atoms with Crippen LogP contribution in [0, 0.1) is 0 Å². The van der Waals surface area contributed by atoms with Crippen LogP contribution in [0.3, 0.4) is 0 Å². The van der Waals surface area contributed by atoms with Crippen LogP contribution in [-0.4, -0.2) is 55.6 Å². The zero-order chi connectivity index (χ0) is 47.2. The Morgan fingerprint density at radius 2 is 1.21 bits per heavy atom. The molecule has 66 heavy (non-hydrogen) atoms. The standard InChI is InChI=1S/C27H26ClN5O4S.C19H17BrClN5O2/c1-15(22-12-18-7-4-8-20(28)23(18)27(35)33(22)19-9-10-19)31-26(34)24-25(29)30-13-21(32-24)17-6-3-5-16(11-17)14-38(2,36)37;1-9(24-18(27)16-17(22)23-8-14(20)25-16)13-7-10-3-2-4-12(21)15(10)19(28)26(13)11-5-6-11/h3-8,11-13,15,19H,9-10,14H2,1-2H3,(H2,29,30)(H,31,34);2-4,7-9,11H,5-6H2,1H3,(H2,22,23)(H,24,27)/t15-;9-/m00/s1. The van der Waals surface area contributed by atoms with Gasteiger partial charge >= 0.3 is 0 Å². The molecule has 20 heteroatoms. The van der Waals surface area contributed by atoms with Crippen LogP contribution < -0.4 is 33.2 Å². The number of nitrogen functional groups attached to an aromatic ring is 2. The fraction of sp³-hybridized carbons (Fsp3) is 0.261. The molecule has 2 saturated carbocycles. The Kier molecular flexibility index (Phi) is 13.0. The molecule has 0 bridgehead atoms. The summed E-state index contributed by atoms with van der Waals surface area (Å²) < 4.78 is 27.3. The van der Waals surface area contributed by atoms with E-state index in [-0.39, 0.29) is 52.0 Å². The second-order valence-electron chi connectivity index (χ2n) is 16.4. The van der Waals surface area contributed by atoms with E-state index in [0.717, 1.165) is 36.8 Å². The van der Waals surface area contributed by atoms with Gasteiger partial charge in [0.05, 0.1) is 56.7 Å². The van der Waals surface area contributed by atoms with Crippen molar-refractivity contribution < 1.29 is 18.0 Å². The van der Waals surface area contributed by atoms with Gasteiger partial charge in [-0.3, -0.25) is 19.2 Å². The molecule has 4 heterocycles. The van der Waals surface area contributed by atoms with Crippen molar-refractivity contribution in [3.8, 4) is 11.3 Å². The highest BCUT2D eigenvalue weighted by Gasteiger charge is 2.32. The number of aromatic nitrogens is 6. The molecule has 0 aliphatic heterocycles. The van der Waals surface area contributed by atoms with Crippen LogP contribution in [0.5, 0.6) is 0 Å². The van der Waals surface area contributed by atoms with Gasteiger partial charge in [0.2, 0.25) is 0 Å². The lowest BCUT2D eigenvalue weighted by atomic mass is 10.1. The molecule has 4 aromatic heterocycles. The third-order valence-corrected chi connectivity index (χ3v) is 13.1. The van der Waals surface area contributed by atoms with E-state index < -0.39 is 33.7 Å². The predicted octanol–water partition coefficient (Wildman–Crippen LogP) is 7.68. The molecule has 0 saturated heterocycles. The summed E-state index contributed by atoms with van der Waals surface area (Å²) in [7, 11) is -3.22. The molecular formula is C46H43BrCl2N10O6S. The Morgan fingerprint density at radius 3 is 1.70 bits per heavy atom. The predicted molar refractivity (Wildman–Crippen MR) is 259 cm³/mol. The number of amides is 2. The Morgan fingerprint density at radius 1 is 0.742 bits per heavy atom. The van der Waals surface area contributed by atoms with E-state index in [0.29, 0.717) is 53.3 Å². The third kappa shape index (κ3) is 9.96. The number of carbonyl (C=O) groups is 2. The number of hydrogen-bond acceptors (Lipinski definition) is 12. The number of fused-ring (bicyclic) bond motifs is 2. The molecule has 2 aliphatic rings. The minimum Gasteiger partial charge on any atom is -0.382 e. The number of benzene rings is 3. The van der Waals surface area contributed by atoms with Gasteiger partial charge in [-0.1, -0.05) is 65.7 Å². The number of nitrogens with one attached hydrogen (secondary N) is 2. The molecule has 0 spiro atoms.